The molecule has 5 heteroatoms. The Morgan fingerprint density at radius 3 is 2.36 bits per heavy atom. The van der Waals surface area contributed by atoms with Crippen molar-refractivity contribution in [2.45, 2.75) is 24.7 Å². The molecule has 4 nitrogen and oxygen atoms in total. The Bertz CT molecular complexity index is 709. The Hall–Kier alpha value is -1.85. The summed E-state index contributed by atoms with van der Waals surface area (Å²) in [6, 6.07) is 14.8. The monoisotopic (exact) mass is 319 g/mol. The molecule has 0 bridgehead atoms. The molecule has 0 aliphatic rings. The lowest BCUT2D eigenvalue weighted by molar-refractivity contribution is 0.414. The maximum absolute atomic E-state index is 12.2. The van der Waals surface area contributed by atoms with E-state index in [2.05, 4.69) is 4.72 Å². The second-order valence-electron chi connectivity index (χ2n) is 5.11. The Labute approximate surface area is 132 Å². The molecule has 0 radical (unpaired) electrons. The molecule has 2 aromatic carbocycles. The molecule has 118 valence electrons. The average Bonchev–Trinajstić information content (AvgIpc) is 2.52. The third-order valence-electron chi connectivity index (χ3n) is 3.48. The van der Waals surface area contributed by atoms with Crippen molar-refractivity contribution in [1.29, 1.82) is 0 Å². The van der Waals surface area contributed by atoms with Crippen molar-refractivity contribution in [3.05, 3.63) is 59.7 Å². The Balaban J connectivity index is 1.86. The van der Waals surface area contributed by atoms with Gasteiger partial charge >= 0.3 is 0 Å². The van der Waals surface area contributed by atoms with Gasteiger partial charge in [0.15, 0.2) is 0 Å². The molecular formula is C17H21NO3S. The van der Waals surface area contributed by atoms with Crippen LogP contribution in [0.15, 0.2) is 53.4 Å². The van der Waals surface area contributed by atoms with E-state index in [0.717, 1.165) is 29.7 Å². The van der Waals surface area contributed by atoms with Crippen LogP contribution in [-0.2, 0) is 16.4 Å². The highest BCUT2D eigenvalue weighted by Crippen LogP contribution is 2.14. The van der Waals surface area contributed by atoms with Crippen LogP contribution in [0.5, 0.6) is 5.75 Å². The summed E-state index contributed by atoms with van der Waals surface area (Å²) in [5, 5.41) is 0. The number of methoxy groups -OCH3 is 1. The zero-order valence-corrected chi connectivity index (χ0v) is 13.7. The van der Waals surface area contributed by atoms with Crippen molar-refractivity contribution >= 4 is 10.0 Å². The minimum absolute atomic E-state index is 0.347. The van der Waals surface area contributed by atoms with E-state index >= 15 is 0 Å². The first-order valence-electron chi connectivity index (χ1n) is 7.21. The topological polar surface area (TPSA) is 55.4 Å². The molecule has 0 fully saturated rings. The van der Waals surface area contributed by atoms with Crippen LogP contribution >= 0.6 is 0 Å². The summed E-state index contributed by atoms with van der Waals surface area (Å²) in [6.07, 6.45) is 1.57. The zero-order chi connectivity index (χ0) is 16.0. The molecule has 1 N–H and O–H groups in total. The molecule has 0 saturated carbocycles. The molecule has 0 spiro atoms. The molecule has 0 aromatic heterocycles. The Kier molecular flexibility index (Phi) is 5.57. The third kappa shape index (κ3) is 4.32. The summed E-state index contributed by atoms with van der Waals surface area (Å²) in [5.41, 5.74) is 1.92. The summed E-state index contributed by atoms with van der Waals surface area (Å²) < 4.78 is 32.2. The number of aryl methyl sites for hydroxylation is 2. The van der Waals surface area contributed by atoms with Crippen LogP contribution in [0.4, 0.5) is 0 Å². The zero-order valence-electron chi connectivity index (χ0n) is 12.9. The van der Waals surface area contributed by atoms with Gasteiger partial charge in [0.05, 0.1) is 12.0 Å². The molecule has 0 aliphatic heterocycles. The highest BCUT2D eigenvalue weighted by Gasteiger charge is 2.14. The molecule has 0 aliphatic carbocycles. The second kappa shape index (κ2) is 7.42. The van der Waals surface area contributed by atoms with Crippen LogP contribution in [0.3, 0.4) is 0 Å². The minimum Gasteiger partial charge on any atom is -0.497 e. The highest BCUT2D eigenvalue weighted by atomic mass is 32.2. The van der Waals surface area contributed by atoms with Crippen LogP contribution < -0.4 is 9.46 Å². The third-order valence-corrected chi connectivity index (χ3v) is 5.10. The standard InChI is InChI=1S/C17H21NO3S/c1-14-6-3-4-8-17(14)22(19,20)18-13-5-7-15-9-11-16(21-2)12-10-15/h3-4,6,8-12,18H,5,7,13H2,1-2H3. The lowest BCUT2D eigenvalue weighted by atomic mass is 10.1. The van der Waals surface area contributed by atoms with Crippen LogP contribution in [-0.4, -0.2) is 22.1 Å². The fourth-order valence-corrected chi connectivity index (χ4v) is 3.55. The molecular weight excluding hydrogens is 298 g/mol. The van der Waals surface area contributed by atoms with Gasteiger partial charge in [-0.3, -0.25) is 0 Å². The van der Waals surface area contributed by atoms with Crippen molar-refractivity contribution in [3.63, 3.8) is 0 Å². The number of nitrogens with one attached hydrogen (secondary N) is 1. The SMILES string of the molecule is COc1ccc(CCCNS(=O)(=O)c2ccccc2C)cc1. The molecule has 2 rings (SSSR count). The summed E-state index contributed by atoms with van der Waals surface area (Å²) in [6.45, 7) is 2.22. The summed E-state index contributed by atoms with van der Waals surface area (Å²) in [5.74, 6) is 0.823. The van der Waals surface area contributed by atoms with E-state index in [4.69, 9.17) is 4.74 Å². The van der Waals surface area contributed by atoms with Crippen molar-refractivity contribution in [2.75, 3.05) is 13.7 Å². The predicted octanol–water partition coefficient (Wildman–Crippen LogP) is 2.91. The Morgan fingerprint density at radius 1 is 1.05 bits per heavy atom. The normalized spacial score (nSPS) is 11.4. The Morgan fingerprint density at radius 2 is 1.73 bits per heavy atom. The van der Waals surface area contributed by atoms with Gasteiger partial charge in [0.2, 0.25) is 10.0 Å². The highest BCUT2D eigenvalue weighted by molar-refractivity contribution is 7.89. The number of benzene rings is 2. The van der Waals surface area contributed by atoms with Gasteiger partial charge in [-0.15, -0.1) is 0 Å². The number of hydrogen-bond donors (Lipinski definition) is 1. The summed E-state index contributed by atoms with van der Waals surface area (Å²) in [7, 11) is -1.79. The second-order valence-corrected chi connectivity index (χ2v) is 6.85. The largest absolute Gasteiger partial charge is 0.497 e. The molecule has 0 saturated heterocycles. The first-order valence-corrected chi connectivity index (χ1v) is 8.69. The summed E-state index contributed by atoms with van der Waals surface area (Å²) >= 11 is 0. The number of ether oxygens (including phenoxy) is 1. The molecule has 0 heterocycles. The van der Waals surface area contributed by atoms with E-state index < -0.39 is 10.0 Å². The average molecular weight is 319 g/mol. The van der Waals surface area contributed by atoms with Gasteiger partial charge in [0.1, 0.15) is 5.75 Å². The van der Waals surface area contributed by atoms with E-state index in [9.17, 15) is 8.42 Å². The lowest BCUT2D eigenvalue weighted by Crippen LogP contribution is -2.25. The van der Waals surface area contributed by atoms with E-state index in [1.54, 1.807) is 32.2 Å². The molecule has 2 aromatic rings. The fraction of sp³-hybridized carbons (Fsp3) is 0.294. The first-order chi connectivity index (χ1) is 10.5. The first kappa shape index (κ1) is 16.5. The smallest absolute Gasteiger partial charge is 0.240 e. The van der Waals surface area contributed by atoms with E-state index in [-0.39, 0.29) is 0 Å². The van der Waals surface area contributed by atoms with Gasteiger partial charge in [0.25, 0.3) is 0 Å². The summed E-state index contributed by atoms with van der Waals surface area (Å²) in [4.78, 5) is 0.347. The van der Waals surface area contributed by atoms with Gasteiger partial charge in [-0.05, 0) is 49.1 Å². The van der Waals surface area contributed by atoms with Crippen molar-refractivity contribution in [1.82, 2.24) is 4.72 Å². The number of hydrogen-bond acceptors (Lipinski definition) is 3. The van der Waals surface area contributed by atoms with Crippen molar-refractivity contribution < 1.29 is 13.2 Å². The van der Waals surface area contributed by atoms with Gasteiger partial charge in [-0.1, -0.05) is 30.3 Å². The number of rotatable bonds is 7. The molecule has 0 atom stereocenters. The fourth-order valence-electron chi connectivity index (χ4n) is 2.23. The van der Waals surface area contributed by atoms with Crippen molar-refractivity contribution in [3.8, 4) is 5.75 Å². The molecule has 0 unspecified atom stereocenters. The molecule has 0 amide bonds. The van der Waals surface area contributed by atoms with Gasteiger partial charge in [0, 0.05) is 6.54 Å². The van der Waals surface area contributed by atoms with Crippen LogP contribution in [0.2, 0.25) is 0 Å². The van der Waals surface area contributed by atoms with Crippen molar-refractivity contribution in [2.24, 2.45) is 0 Å². The van der Waals surface area contributed by atoms with Crippen LogP contribution in [0, 0.1) is 6.92 Å². The van der Waals surface area contributed by atoms with Crippen LogP contribution in [0.25, 0.3) is 0 Å². The maximum Gasteiger partial charge on any atom is 0.240 e. The van der Waals surface area contributed by atoms with E-state index in [1.807, 2.05) is 30.3 Å². The lowest BCUT2D eigenvalue weighted by Gasteiger charge is -2.09. The molecule has 22 heavy (non-hydrogen) atoms. The van der Waals surface area contributed by atoms with Gasteiger partial charge < -0.3 is 4.74 Å². The predicted molar refractivity (Wildman–Crippen MR) is 87.7 cm³/mol. The van der Waals surface area contributed by atoms with E-state index in [0.29, 0.717) is 11.4 Å². The van der Waals surface area contributed by atoms with E-state index in [1.165, 1.54) is 0 Å². The quantitative estimate of drug-likeness (QED) is 0.798. The maximum atomic E-state index is 12.2. The van der Waals surface area contributed by atoms with Gasteiger partial charge in [-0.2, -0.15) is 0 Å². The van der Waals surface area contributed by atoms with Gasteiger partial charge in [-0.25, -0.2) is 13.1 Å². The number of sulfonamides is 1. The van der Waals surface area contributed by atoms with Crippen LogP contribution in [0.1, 0.15) is 17.5 Å². The minimum atomic E-state index is -3.43.